The molecule has 9 nitrogen and oxygen atoms in total. The Bertz CT molecular complexity index is 826. The first-order valence-electron chi connectivity index (χ1n) is 11.2. The number of benzene rings is 1. The summed E-state index contributed by atoms with van der Waals surface area (Å²) in [6, 6.07) is 8.08. The van der Waals surface area contributed by atoms with Crippen LogP contribution in [0.1, 0.15) is 19.3 Å². The Morgan fingerprint density at radius 3 is 2.65 bits per heavy atom. The molecule has 0 unspecified atom stereocenters. The quantitative estimate of drug-likeness (QED) is 0.609. The number of aromatic nitrogens is 2. The lowest BCUT2D eigenvalue weighted by Crippen LogP contribution is -2.44. The molecule has 31 heavy (non-hydrogen) atoms. The Morgan fingerprint density at radius 1 is 1.19 bits per heavy atom. The number of amides is 1. The number of carbonyl (C=O) groups excluding carboxylic acids is 1. The molecule has 2 fully saturated rings. The maximum atomic E-state index is 12.5. The second-order valence-electron chi connectivity index (χ2n) is 8.13. The van der Waals surface area contributed by atoms with E-state index in [0.29, 0.717) is 11.8 Å². The summed E-state index contributed by atoms with van der Waals surface area (Å²) in [5, 5.41) is 10.6. The molecule has 4 rings (SSSR count). The zero-order chi connectivity index (χ0) is 21.5. The third-order valence-corrected chi connectivity index (χ3v) is 6.06. The maximum absolute atomic E-state index is 12.5. The van der Waals surface area contributed by atoms with E-state index >= 15 is 0 Å². The van der Waals surface area contributed by atoms with Crippen LogP contribution in [0.2, 0.25) is 0 Å². The van der Waals surface area contributed by atoms with Gasteiger partial charge in [0.15, 0.2) is 0 Å². The van der Waals surface area contributed by atoms with Gasteiger partial charge in [0.2, 0.25) is 11.7 Å². The third-order valence-electron chi connectivity index (χ3n) is 6.06. The van der Waals surface area contributed by atoms with Crippen LogP contribution >= 0.6 is 0 Å². The molecule has 0 saturated carbocycles. The van der Waals surface area contributed by atoms with Crippen LogP contribution in [0, 0.1) is 5.92 Å². The zero-order valence-electron chi connectivity index (χ0n) is 18.2. The minimum Gasteiger partial charge on any atom is -0.497 e. The minimum atomic E-state index is 0.0550. The van der Waals surface area contributed by atoms with Crippen molar-refractivity contribution in [2.45, 2.75) is 19.3 Å². The summed E-state index contributed by atoms with van der Waals surface area (Å²) in [6.07, 6.45) is 2.59. The molecule has 1 amide bonds. The van der Waals surface area contributed by atoms with E-state index < -0.39 is 0 Å². The molecule has 2 aromatic rings. The number of hydrogen-bond donors (Lipinski definition) is 2. The summed E-state index contributed by atoms with van der Waals surface area (Å²) in [4.78, 5) is 21.6. The summed E-state index contributed by atoms with van der Waals surface area (Å²) in [6.45, 7) is 7.60. The van der Waals surface area contributed by atoms with Crippen molar-refractivity contribution >= 4 is 11.9 Å². The van der Waals surface area contributed by atoms with E-state index in [2.05, 4.69) is 30.6 Å². The van der Waals surface area contributed by atoms with Crippen LogP contribution in [-0.4, -0.2) is 80.4 Å². The molecule has 0 bridgehead atoms. The topological polar surface area (TPSA) is 95.8 Å². The van der Waals surface area contributed by atoms with E-state index in [1.807, 2.05) is 24.3 Å². The van der Waals surface area contributed by atoms with Crippen molar-refractivity contribution in [2.75, 3.05) is 64.4 Å². The highest BCUT2D eigenvalue weighted by atomic mass is 16.5. The molecule has 0 spiro atoms. The van der Waals surface area contributed by atoms with Crippen LogP contribution < -0.4 is 20.3 Å². The number of piperidine rings is 1. The number of methoxy groups -OCH3 is 1. The predicted octanol–water partition coefficient (Wildman–Crippen LogP) is 1.37. The number of ether oxygens (including phenoxy) is 1. The van der Waals surface area contributed by atoms with E-state index in [4.69, 9.17) is 9.26 Å². The van der Waals surface area contributed by atoms with Crippen molar-refractivity contribution in [3.63, 3.8) is 0 Å². The van der Waals surface area contributed by atoms with Gasteiger partial charge in [0, 0.05) is 57.3 Å². The van der Waals surface area contributed by atoms with E-state index in [1.54, 1.807) is 7.11 Å². The van der Waals surface area contributed by atoms with Gasteiger partial charge in [0.1, 0.15) is 5.75 Å². The minimum absolute atomic E-state index is 0.0550. The van der Waals surface area contributed by atoms with Crippen LogP contribution in [0.15, 0.2) is 28.8 Å². The highest BCUT2D eigenvalue weighted by molar-refractivity contribution is 5.78. The molecule has 2 aliphatic rings. The molecule has 2 aliphatic heterocycles. The highest BCUT2D eigenvalue weighted by Gasteiger charge is 2.27. The summed E-state index contributed by atoms with van der Waals surface area (Å²) in [5.41, 5.74) is 0.880. The van der Waals surface area contributed by atoms with Gasteiger partial charge >= 0.3 is 6.01 Å². The molecule has 0 radical (unpaired) electrons. The smallest absolute Gasteiger partial charge is 0.324 e. The average molecular weight is 429 g/mol. The van der Waals surface area contributed by atoms with Gasteiger partial charge in [-0.1, -0.05) is 5.16 Å². The van der Waals surface area contributed by atoms with Crippen molar-refractivity contribution in [1.29, 1.82) is 0 Å². The van der Waals surface area contributed by atoms with Gasteiger partial charge in [-0.15, -0.1) is 0 Å². The molecule has 9 heteroatoms. The van der Waals surface area contributed by atoms with Crippen LogP contribution in [0.25, 0.3) is 11.4 Å². The van der Waals surface area contributed by atoms with Crippen molar-refractivity contribution < 1.29 is 14.1 Å². The summed E-state index contributed by atoms with van der Waals surface area (Å²) in [5.74, 6) is 1.57. The Labute approximate surface area is 183 Å². The number of anilines is 1. The van der Waals surface area contributed by atoms with Gasteiger partial charge < -0.3 is 29.7 Å². The number of nitrogens with zero attached hydrogens (tertiary/aromatic N) is 4. The van der Waals surface area contributed by atoms with Crippen LogP contribution in [0.3, 0.4) is 0 Å². The van der Waals surface area contributed by atoms with Crippen molar-refractivity contribution in [1.82, 2.24) is 25.7 Å². The van der Waals surface area contributed by atoms with E-state index in [1.165, 1.54) is 0 Å². The molecule has 168 valence electrons. The lowest BCUT2D eigenvalue weighted by molar-refractivity contribution is -0.125. The number of carbonyl (C=O) groups is 1. The van der Waals surface area contributed by atoms with Gasteiger partial charge in [0.05, 0.1) is 7.11 Å². The Morgan fingerprint density at radius 2 is 1.94 bits per heavy atom. The van der Waals surface area contributed by atoms with E-state index in [-0.39, 0.29) is 11.8 Å². The van der Waals surface area contributed by atoms with Crippen molar-refractivity contribution in [2.24, 2.45) is 5.92 Å². The molecular weight excluding hydrogens is 396 g/mol. The first-order chi connectivity index (χ1) is 15.2. The number of rotatable bonds is 8. The monoisotopic (exact) mass is 428 g/mol. The third kappa shape index (κ3) is 5.74. The van der Waals surface area contributed by atoms with E-state index in [0.717, 1.165) is 82.9 Å². The SMILES string of the molecule is COc1ccc(-c2noc(N3CCC(C(=O)NCCCN4CCNCC4)CC3)n2)cc1. The number of piperazine rings is 1. The number of hydrogen-bond acceptors (Lipinski definition) is 8. The van der Waals surface area contributed by atoms with Crippen LogP contribution in [-0.2, 0) is 4.79 Å². The van der Waals surface area contributed by atoms with Crippen LogP contribution in [0.5, 0.6) is 5.75 Å². The first kappa shape index (κ1) is 21.6. The first-order valence-corrected chi connectivity index (χ1v) is 11.2. The maximum Gasteiger partial charge on any atom is 0.324 e. The number of nitrogens with one attached hydrogen (secondary N) is 2. The Balaban J connectivity index is 1.19. The fraction of sp³-hybridized carbons (Fsp3) is 0.591. The summed E-state index contributed by atoms with van der Waals surface area (Å²) >= 11 is 0. The molecule has 2 saturated heterocycles. The lowest BCUT2D eigenvalue weighted by atomic mass is 9.96. The van der Waals surface area contributed by atoms with Crippen molar-refractivity contribution in [3.05, 3.63) is 24.3 Å². The van der Waals surface area contributed by atoms with Gasteiger partial charge in [-0.3, -0.25) is 4.79 Å². The van der Waals surface area contributed by atoms with Crippen LogP contribution in [0.4, 0.5) is 6.01 Å². The molecule has 1 aromatic carbocycles. The summed E-state index contributed by atoms with van der Waals surface area (Å²) < 4.78 is 10.7. The second kappa shape index (κ2) is 10.6. The normalized spacial score (nSPS) is 18.2. The standard InChI is InChI=1S/C22H32N6O3/c1-30-19-5-3-17(4-6-19)20-25-22(31-26-20)28-13-7-18(8-14-28)21(29)24-9-2-12-27-15-10-23-11-16-27/h3-6,18,23H,2,7-16H2,1H3,(H,24,29). The Kier molecular flexibility index (Phi) is 7.37. The summed E-state index contributed by atoms with van der Waals surface area (Å²) in [7, 11) is 1.64. The average Bonchev–Trinajstić information content (AvgIpc) is 3.33. The zero-order valence-corrected chi connectivity index (χ0v) is 18.2. The molecule has 1 aromatic heterocycles. The van der Waals surface area contributed by atoms with Gasteiger partial charge in [-0.05, 0) is 50.1 Å². The Hall–Kier alpha value is -2.65. The molecule has 3 heterocycles. The molecule has 0 atom stereocenters. The predicted molar refractivity (Wildman–Crippen MR) is 118 cm³/mol. The molecule has 2 N–H and O–H groups in total. The molecule has 0 aliphatic carbocycles. The van der Waals surface area contributed by atoms with Gasteiger partial charge in [0.25, 0.3) is 0 Å². The largest absolute Gasteiger partial charge is 0.497 e. The van der Waals surface area contributed by atoms with Gasteiger partial charge in [-0.25, -0.2) is 0 Å². The fourth-order valence-corrected chi connectivity index (χ4v) is 4.13. The van der Waals surface area contributed by atoms with E-state index in [9.17, 15) is 4.79 Å². The van der Waals surface area contributed by atoms with Crippen molar-refractivity contribution in [3.8, 4) is 17.1 Å². The lowest BCUT2D eigenvalue weighted by Gasteiger charge is -2.30. The fourth-order valence-electron chi connectivity index (χ4n) is 4.13. The van der Waals surface area contributed by atoms with Gasteiger partial charge in [-0.2, -0.15) is 4.98 Å². The highest BCUT2D eigenvalue weighted by Crippen LogP contribution is 2.25. The molecular formula is C22H32N6O3. The second-order valence-corrected chi connectivity index (χ2v) is 8.13.